The van der Waals surface area contributed by atoms with E-state index in [9.17, 15) is 4.79 Å². The fraction of sp³-hybridized carbons (Fsp3) is 0.478. The van der Waals surface area contributed by atoms with E-state index in [0.29, 0.717) is 12.0 Å². The van der Waals surface area contributed by atoms with Crippen molar-refractivity contribution in [3.8, 4) is 0 Å². The number of nitrogens with zero attached hydrogens (tertiary/aromatic N) is 4. The Morgan fingerprint density at radius 3 is 2.34 bits per heavy atom. The van der Waals surface area contributed by atoms with E-state index in [1.165, 1.54) is 10.7 Å². The van der Waals surface area contributed by atoms with Gasteiger partial charge in [-0.05, 0) is 42.5 Å². The first kappa shape index (κ1) is 24.6. The lowest BCUT2D eigenvalue weighted by Crippen LogP contribution is -2.53. The van der Waals surface area contributed by atoms with Crippen molar-refractivity contribution in [2.24, 2.45) is 4.99 Å². The van der Waals surface area contributed by atoms with Crippen LogP contribution in [0.2, 0.25) is 0 Å². The van der Waals surface area contributed by atoms with Gasteiger partial charge in [0.2, 0.25) is 5.91 Å². The number of aliphatic imine (C=N–C) groups is 1. The maximum atomic E-state index is 12.7. The molecule has 1 amide bonds. The first-order valence-corrected chi connectivity index (χ1v) is 11.9. The van der Waals surface area contributed by atoms with E-state index in [-0.39, 0.29) is 36.4 Å². The van der Waals surface area contributed by atoms with E-state index >= 15 is 0 Å². The van der Waals surface area contributed by atoms with Crippen LogP contribution in [0.5, 0.6) is 0 Å². The molecule has 4 rings (SSSR count). The Hall–Kier alpha value is -2.01. The van der Waals surface area contributed by atoms with Crippen molar-refractivity contribution < 1.29 is 4.79 Å². The van der Waals surface area contributed by atoms with Crippen molar-refractivity contribution >= 4 is 57.9 Å². The van der Waals surface area contributed by atoms with Crippen LogP contribution in [0.15, 0.2) is 52.8 Å². The quantitative estimate of drug-likeness (QED) is 0.330. The largest absolute Gasteiger partial charge is 0.368 e. The molecule has 0 atom stereocenters. The molecule has 2 fully saturated rings. The predicted molar refractivity (Wildman–Crippen MR) is 145 cm³/mol. The van der Waals surface area contributed by atoms with Crippen LogP contribution in [0.25, 0.3) is 0 Å². The van der Waals surface area contributed by atoms with Crippen LogP contribution in [-0.2, 0) is 4.79 Å². The van der Waals surface area contributed by atoms with Crippen molar-refractivity contribution in [3.05, 3.63) is 47.8 Å². The molecule has 3 heterocycles. The lowest BCUT2D eigenvalue weighted by molar-refractivity contribution is -0.130. The van der Waals surface area contributed by atoms with E-state index in [4.69, 9.17) is 0 Å². The second kappa shape index (κ2) is 12.3. The molecule has 0 radical (unpaired) electrons. The third-order valence-corrected chi connectivity index (χ3v) is 6.97. The van der Waals surface area contributed by atoms with Gasteiger partial charge in [0.1, 0.15) is 0 Å². The Kier molecular flexibility index (Phi) is 9.46. The maximum absolute atomic E-state index is 12.7. The summed E-state index contributed by atoms with van der Waals surface area (Å²) in [5, 5.41) is 10.2. The number of hydrogen-bond donors (Lipinski definition) is 2. The van der Waals surface area contributed by atoms with E-state index < -0.39 is 0 Å². The fourth-order valence-corrected chi connectivity index (χ4v) is 4.99. The molecule has 0 spiro atoms. The zero-order chi connectivity index (χ0) is 21.5. The summed E-state index contributed by atoms with van der Waals surface area (Å²) in [6.07, 6.45) is 2.13. The van der Waals surface area contributed by atoms with Crippen LogP contribution in [0.3, 0.4) is 0 Å². The Bertz CT molecular complexity index is 847. The summed E-state index contributed by atoms with van der Waals surface area (Å²) in [5.74, 6) is 0.842. The van der Waals surface area contributed by atoms with Crippen LogP contribution < -0.4 is 20.4 Å². The summed E-state index contributed by atoms with van der Waals surface area (Å²) in [4.78, 5) is 23.7. The molecule has 2 aromatic rings. The first-order valence-electron chi connectivity index (χ1n) is 11.1. The molecule has 7 nitrogen and oxygen atoms in total. The average Bonchev–Trinajstić information content (AvgIpc) is 3.38. The number of guanidine groups is 1. The summed E-state index contributed by atoms with van der Waals surface area (Å²) < 4.78 is 0. The van der Waals surface area contributed by atoms with Crippen LogP contribution in [-0.4, -0.2) is 75.7 Å². The minimum absolute atomic E-state index is 0. The zero-order valence-corrected chi connectivity index (χ0v) is 21.7. The molecule has 2 N–H and O–H groups in total. The van der Waals surface area contributed by atoms with Gasteiger partial charge in [0.25, 0.3) is 0 Å². The molecule has 2 saturated heterocycles. The van der Waals surface area contributed by atoms with Gasteiger partial charge in [0.15, 0.2) is 5.96 Å². The predicted octanol–water partition coefficient (Wildman–Crippen LogP) is 2.85. The second-order valence-electron chi connectivity index (χ2n) is 7.99. The van der Waals surface area contributed by atoms with Gasteiger partial charge in [-0.1, -0.05) is 18.2 Å². The second-order valence-corrected chi connectivity index (χ2v) is 8.91. The van der Waals surface area contributed by atoms with Crippen molar-refractivity contribution in [1.29, 1.82) is 0 Å². The smallest absolute Gasteiger partial charge is 0.242 e. The number of nitrogens with one attached hydrogen (secondary N) is 2. The molecule has 0 aliphatic carbocycles. The van der Waals surface area contributed by atoms with Crippen molar-refractivity contribution in [1.82, 2.24) is 15.5 Å². The van der Waals surface area contributed by atoms with Crippen LogP contribution in [0.4, 0.5) is 10.7 Å². The number of carbonyl (C=O) groups excluding carboxylic acids is 1. The number of rotatable bonds is 5. The van der Waals surface area contributed by atoms with Gasteiger partial charge < -0.3 is 25.3 Å². The lowest BCUT2D eigenvalue weighted by Gasteiger charge is -2.36. The van der Waals surface area contributed by atoms with Gasteiger partial charge in [-0.3, -0.25) is 9.79 Å². The highest BCUT2D eigenvalue weighted by atomic mass is 127. The number of piperidine rings is 1. The number of benzene rings is 1. The van der Waals surface area contributed by atoms with Gasteiger partial charge in [0.05, 0.1) is 11.5 Å². The molecular formula is C23H33IN6OS. The van der Waals surface area contributed by atoms with E-state index in [0.717, 1.165) is 52.1 Å². The van der Waals surface area contributed by atoms with Crippen molar-refractivity contribution in [3.63, 3.8) is 0 Å². The Balaban J connectivity index is 0.00000289. The molecule has 0 bridgehead atoms. The highest BCUT2D eigenvalue weighted by Crippen LogP contribution is 2.24. The number of para-hydroxylation sites is 1. The maximum Gasteiger partial charge on any atom is 0.242 e. The molecule has 0 saturated carbocycles. The number of anilines is 2. The number of piperazine rings is 1. The standard InChI is InChI=1S/C23H32N6OS.HI/c1-24-23(26-19-9-11-29(12-10-19)22-8-5-17-31-22)25-18-21(30)28-15-13-27(14-16-28)20-6-3-2-4-7-20;/h2-8,17,19H,9-16,18H2,1H3,(H2,24,25,26);1H. The summed E-state index contributed by atoms with van der Waals surface area (Å²) in [5.41, 5.74) is 1.22. The number of halogens is 1. The third-order valence-electron chi connectivity index (χ3n) is 6.04. The zero-order valence-electron chi connectivity index (χ0n) is 18.6. The molecule has 2 aliphatic rings. The topological polar surface area (TPSA) is 63.2 Å². The molecular weight excluding hydrogens is 535 g/mol. The number of thiophene rings is 1. The summed E-state index contributed by atoms with van der Waals surface area (Å²) >= 11 is 1.80. The minimum Gasteiger partial charge on any atom is -0.368 e. The fourth-order valence-electron chi connectivity index (χ4n) is 4.21. The van der Waals surface area contributed by atoms with Gasteiger partial charge in [-0.15, -0.1) is 35.3 Å². The molecule has 2 aliphatic heterocycles. The molecule has 1 aromatic heterocycles. The first-order chi connectivity index (χ1) is 15.2. The Morgan fingerprint density at radius 2 is 1.72 bits per heavy atom. The SMILES string of the molecule is CN=C(NCC(=O)N1CCN(c2ccccc2)CC1)NC1CCN(c2cccs2)CC1.I. The average molecular weight is 569 g/mol. The van der Waals surface area contributed by atoms with Crippen LogP contribution >= 0.6 is 35.3 Å². The Morgan fingerprint density at radius 1 is 1.00 bits per heavy atom. The highest BCUT2D eigenvalue weighted by Gasteiger charge is 2.23. The summed E-state index contributed by atoms with van der Waals surface area (Å²) in [6, 6.07) is 15.1. The van der Waals surface area contributed by atoms with Gasteiger partial charge in [0, 0.05) is 58.0 Å². The third kappa shape index (κ3) is 6.50. The molecule has 32 heavy (non-hydrogen) atoms. The summed E-state index contributed by atoms with van der Waals surface area (Å²) in [7, 11) is 1.76. The summed E-state index contributed by atoms with van der Waals surface area (Å²) in [6.45, 7) is 5.60. The minimum atomic E-state index is 0. The molecule has 1 aromatic carbocycles. The van der Waals surface area contributed by atoms with Gasteiger partial charge in [-0.2, -0.15) is 0 Å². The van der Waals surface area contributed by atoms with E-state index in [2.05, 4.69) is 67.2 Å². The number of amides is 1. The van der Waals surface area contributed by atoms with E-state index in [1.807, 2.05) is 11.0 Å². The number of hydrogen-bond acceptors (Lipinski definition) is 5. The molecule has 9 heteroatoms. The van der Waals surface area contributed by atoms with Crippen molar-refractivity contribution in [2.45, 2.75) is 18.9 Å². The van der Waals surface area contributed by atoms with E-state index in [1.54, 1.807) is 18.4 Å². The van der Waals surface area contributed by atoms with Crippen molar-refractivity contribution in [2.75, 3.05) is 62.7 Å². The highest BCUT2D eigenvalue weighted by molar-refractivity contribution is 14.0. The number of carbonyl (C=O) groups is 1. The van der Waals surface area contributed by atoms with Gasteiger partial charge in [-0.25, -0.2) is 0 Å². The molecule has 174 valence electrons. The monoisotopic (exact) mass is 568 g/mol. The Labute approximate surface area is 211 Å². The normalized spacial score (nSPS) is 17.7. The lowest BCUT2D eigenvalue weighted by atomic mass is 10.1. The van der Waals surface area contributed by atoms with Crippen LogP contribution in [0, 0.1) is 0 Å². The van der Waals surface area contributed by atoms with Crippen LogP contribution in [0.1, 0.15) is 12.8 Å². The van der Waals surface area contributed by atoms with Gasteiger partial charge >= 0.3 is 0 Å². The molecule has 0 unspecified atom stereocenters.